The van der Waals surface area contributed by atoms with Crippen molar-refractivity contribution in [3.63, 3.8) is 0 Å². The van der Waals surface area contributed by atoms with Gasteiger partial charge in [0.2, 0.25) is 10.0 Å². The lowest BCUT2D eigenvalue weighted by atomic mass is 9.93. The summed E-state index contributed by atoms with van der Waals surface area (Å²) in [6.45, 7) is 8.40. The Morgan fingerprint density at radius 3 is 2.43 bits per heavy atom. The van der Waals surface area contributed by atoms with Crippen LogP contribution in [0.4, 0.5) is 0 Å². The Labute approximate surface area is 130 Å². The Morgan fingerprint density at radius 1 is 1.14 bits per heavy atom. The molecule has 5 nitrogen and oxygen atoms in total. The monoisotopic (exact) mass is 316 g/mol. The Morgan fingerprint density at radius 2 is 1.81 bits per heavy atom. The first-order valence-electron chi connectivity index (χ1n) is 8.36. The standard InChI is InChI=1S/C15H30N3O2S/c1-2-17-10-12-18(13-11-17)21(19,20)14-4-3-5-15-6-8-16-9-7-15/h5,15-16H,2-4,6-14H2,1H3. The summed E-state index contributed by atoms with van der Waals surface area (Å²) in [4.78, 5) is 2.30. The van der Waals surface area contributed by atoms with Crippen molar-refractivity contribution in [1.82, 2.24) is 14.5 Å². The van der Waals surface area contributed by atoms with E-state index in [1.54, 1.807) is 4.31 Å². The lowest BCUT2D eigenvalue weighted by Gasteiger charge is -2.33. The first kappa shape index (κ1) is 17.2. The van der Waals surface area contributed by atoms with Crippen LogP contribution in [0.2, 0.25) is 0 Å². The summed E-state index contributed by atoms with van der Waals surface area (Å²) in [5.41, 5.74) is 0. The van der Waals surface area contributed by atoms with Crippen molar-refractivity contribution in [3.8, 4) is 0 Å². The van der Waals surface area contributed by atoms with E-state index in [1.807, 2.05) is 0 Å². The SMILES string of the molecule is CCN1CCN(S(=O)(=O)CCC[CH]C2CCNCC2)CC1. The molecule has 0 saturated carbocycles. The molecule has 1 N–H and O–H groups in total. The van der Waals surface area contributed by atoms with Crippen molar-refractivity contribution in [3.05, 3.63) is 6.42 Å². The molecule has 0 unspecified atom stereocenters. The van der Waals surface area contributed by atoms with Crippen LogP contribution in [0.1, 0.15) is 32.6 Å². The maximum Gasteiger partial charge on any atom is 0.214 e. The summed E-state index contributed by atoms with van der Waals surface area (Å²) in [5, 5.41) is 3.35. The minimum atomic E-state index is -3.04. The zero-order valence-corrected chi connectivity index (χ0v) is 14.1. The van der Waals surface area contributed by atoms with E-state index in [2.05, 4.69) is 23.6 Å². The minimum Gasteiger partial charge on any atom is -0.317 e. The number of piperidine rings is 1. The number of piperazine rings is 1. The largest absolute Gasteiger partial charge is 0.317 e. The first-order chi connectivity index (χ1) is 10.1. The van der Waals surface area contributed by atoms with Gasteiger partial charge in [-0.15, -0.1) is 0 Å². The van der Waals surface area contributed by atoms with Crippen LogP contribution in [-0.2, 0) is 10.0 Å². The van der Waals surface area contributed by atoms with Crippen LogP contribution in [0.15, 0.2) is 0 Å². The van der Waals surface area contributed by atoms with Gasteiger partial charge in [-0.2, -0.15) is 4.31 Å². The van der Waals surface area contributed by atoms with Crippen LogP contribution in [0.25, 0.3) is 0 Å². The van der Waals surface area contributed by atoms with E-state index in [0.29, 0.717) is 24.8 Å². The van der Waals surface area contributed by atoms with E-state index in [9.17, 15) is 8.42 Å². The van der Waals surface area contributed by atoms with Crippen LogP contribution >= 0.6 is 0 Å². The number of nitrogens with zero attached hydrogens (tertiary/aromatic N) is 2. The maximum absolute atomic E-state index is 12.3. The van der Waals surface area contributed by atoms with E-state index in [4.69, 9.17) is 0 Å². The topological polar surface area (TPSA) is 52.7 Å². The lowest BCUT2D eigenvalue weighted by molar-refractivity contribution is 0.196. The van der Waals surface area contributed by atoms with Crippen LogP contribution < -0.4 is 5.32 Å². The molecule has 123 valence electrons. The fraction of sp³-hybridized carbons (Fsp3) is 0.933. The molecule has 2 aliphatic heterocycles. The molecule has 0 amide bonds. The number of nitrogens with one attached hydrogen (secondary N) is 1. The minimum absolute atomic E-state index is 0.306. The van der Waals surface area contributed by atoms with Gasteiger partial charge in [-0.05, 0) is 57.7 Å². The van der Waals surface area contributed by atoms with Gasteiger partial charge in [0.25, 0.3) is 0 Å². The molecule has 6 heteroatoms. The molecule has 2 heterocycles. The molecule has 1 radical (unpaired) electrons. The quantitative estimate of drug-likeness (QED) is 0.710. The van der Waals surface area contributed by atoms with Gasteiger partial charge in [0.15, 0.2) is 0 Å². The number of likely N-dealkylation sites (N-methyl/N-ethyl adjacent to an activating group) is 1. The van der Waals surface area contributed by atoms with Crippen molar-refractivity contribution in [2.24, 2.45) is 5.92 Å². The highest BCUT2D eigenvalue weighted by Crippen LogP contribution is 2.18. The fourth-order valence-electron chi connectivity index (χ4n) is 3.15. The smallest absolute Gasteiger partial charge is 0.214 e. The first-order valence-corrected chi connectivity index (χ1v) is 9.97. The summed E-state index contributed by atoms with van der Waals surface area (Å²) in [5.74, 6) is 0.989. The van der Waals surface area contributed by atoms with Gasteiger partial charge in [-0.25, -0.2) is 8.42 Å². The second kappa shape index (κ2) is 8.46. The summed E-state index contributed by atoms with van der Waals surface area (Å²) in [6.07, 6.45) is 6.43. The van der Waals surface area contributed by atoms with Crippen molar-refractivity contribution in [2.75, 3.05) is 51.6 Å². The van der Waals surface area contributed by atoms with E-state index in [0.717, 1.165) is 45.6 Å². The summed E-state index contributed by atoms with van der Waals surface area (Å²) >= 11 is 0. The molecular formula is C15H30N3O2S. The number of hydrogen-bond donors (Lipinski definition) is 1. The van der Waals surface area contributed by atoms with Gasteiger partial charge in [0.05, 0.1) is 5.75 Å². The third-order valence-corrected chi connectivity index (χ3v) is 6.62. The molecular weight excluding hydrogens is 286 g/mol. The molecule has 0 bridgehead atoms. The van der Waals surface area contributed by atoms with E-state index >= 15 is 0 Å². The van der Waals surface area contributed by atoms with Crippen molar-refractivity contribution in [1.29, 1.82) is 0 Å². The highest BCUT2D eigenvalue weighted by Gasteiger charge is 2.25. The third kappa shape index (κ3) is 5.51. The van der Waals surface area contributed by atoms with Crippen LogP contribution in [0, 0.1) is 12.3 Å². The summed E-state index contributed by atoms with van der Waals surface area (Å²) in [6, 6.07) is 0. The fourth-order valence-corrected chi connectivity index (χ4v) is 4.66. The molecule has 2 saturated heterocycles. The molecule has 2 fully saturated rings. The average Bonchev–Trinajstić information content (AvgIpc) is 2.53. The molecule has 0 spiro atoms. The molecule has 0 atom stereocenters. The van der Waals surface area contributed by atoms with Gasteiger partial charge >= 0.3 is 0 Å². The van der Waals surface area contributed by atoms with E-state index in [-0.39, 0.29) is 0 Å². The predicted octanol–water partition coefficient (Wildman–Crippen LogP) is 0.938. The van der Waals surface area contributed by atoms with Crippen molar-refractivity contribution in [2.45, 2.75) is 32.6 Å². The number of unbranched alkanes of at least 4 members (excludes halogenated alkanes) is 1. The molecule has 0 aliphatic carbocycles. The Hall–Kier alpha value is -0.170. The van der Waals surface area contributed by atoms with Crippen LogP contribution in [-0.4, -0.2) is 69.2 Å². The van der Waals surface area contributed by atoms with E-state index in [1.165, 1.54) is 12.8 Å². The van der Waals surface area contributed by atoms with Gasteiger partial charge in [0.1, 0.15) is 0 Å². The molecule has 2 rings (SSSR count). The van der Waals surface area contributed by atoms with Gasteiger partial charge in [-0.3, -0.25) is 0 Å². The summed E-state index contributed by atoms with van der Waals surface area (Å²) in [7, 11) is -3.04. The average molecular weight is 316 g/mol. The van der Waals surface area contributed by atoms with Crippen molar-refractivity contribution >= 4 is 10.0 Å². The Kier molecular flexibility index (Phi) is 6.92. The van der Waals surface area contributed by atoms with Gasteiger partial charge in [0, 0.05) is 26.2 Å². The maximum atomic E-state index is 12.3. The molecule has 21 heavy (non-hydrogen) atoms. The van der Waals surface area contributed by atoms with E-state index < -0.39 is 10.0 Å². The number of hydrogen-bond acceptors (Lipinski definition) is 4. The second-order valence-electron chi connectivity index (χ2n) is 6.11. The van der Waals surface area contributed by atoms with Crippen LogP contribution in [0.5, 0.6) is 0 Å². The molecule has 0 aromatic rings. The van der Waals surface area contributed by atoms with Gasteiger partial charge in [-0.1, -0.05) is 6.92 Å². The second-order valence-corrected chi connectivity index (χ2v) is 8.20. The lowest BCUT2D eigenvalue weighted by Crippen LogP contribution is -2.49. The predicted molar refractivity (Wildman–Crippen MR) is 86.6 cm³/mol. The number of sulfonamides is 1. The highest BCUT2D eigenvalue weighted by molar-refractivity contribution is 7.89. The van der Waals surface area contributed by atoms with Gasteiger partial charge < -0.3 is 10.2 Å². The highest BCUT2D eigenvalue weighted by atomic mass is 32.2. The third-order valence-electron chi connectivity index (χ3n) is 4.66. The summed E-state index contributed by atoms with van der Waals surface area (Å²) < 4.78 is 26.3. The Bertz CT molecular complexity index is 386. The molecule has 0 aromatic heterocycles. The van der Waals surface area contributed by atoms with Crippen LogP contribution in [0.3, 0.4) is 0 Å². The zero-order valence-electron chi connectivity index (χ0n) is 13.3. The molecule has 2 aliphatic rings. The number of rotatable bonds is 7. The Balaban J connectivity index is 1.64. The normalized spacial score (nSPS) is 23.5. The molecule has 0 aromatic carbocycles. The zero-order chi connectivity index (χ0) is 15.1. The van der Waals surface area contributed by atoms with Crippen molar-refractivity contribution < 1.29 is 8.42 Å².